The minimum atomic E-state index is -0.680. The smallest absolute Gasteiger partial charge is 0.108 e. The van der Waals surface area contributed by atoms with E-state index in [2.05, 4.69) is 229 Å². The minimum Gasteiger partial charge on any atom is -0.310 e. The van der Waals surface area contributed by atoms with Crippen LogP contribution in [-0.4, -0.2) is 0 Å². The highest BCUT2D eigenvalue weighted by atomic mass is 15.1. The summed E-state index contributed by atoms with van der Waals surface area (Å²) in [5, 5.41) is 0. The summed E-state index contributed by atoms with van der Waals surface area (Å²) in [7, 11) is 0. The second-order valence-electron chi connectivity index (χ2n) is 13.1. The highest BCUT2D eigenvalue weighted by molar-refractivity contribution is 5.97. The second-order valence-corrected chi connectivity index (χ2v) is 13.1. The van der Waals surface area contributed by atoms with E-state index >= 15 is 0 Å². The molecule has 0 fully saturated rings. The Morgan fingerprint density at radius 2 is 0.846 bits per heavy atom. The Morgan fingerprint density at radius 3 is 1.48 bits per heavy atom. The van der Waals surface area contributed by atoms with Gasteiger partial charge in [0.1, 0.15) is 5.41 Å². The van der Waals surface area contributed by atoms with Crippen LogP contribution in [0.2, 0.25) is 0 Å². The SMILES string of the molecule is C(#CC1(c2ccccc2)c2ccccc2-c2c(N(c3ccccc3)c3ccc(-c4ccccc4)cc3)cccc21)c1ccc(-c2ccccc2)cc1. The van der Waals surface area contributed by atoms with Gasteiger partial charge in [-0.25, -0.2) is 0 Å². The van der Waals surface area contributed by atoms with E-state index in [0.717, 1.165) is 28.2 Å². The maximum atomic E-state index is 3.90. The van der Waals surface area contributed by atoms with Crippen LogP contribution in [0, 0.1) is 11.8 Å². The van der Waals surface area contributed by atoms with Gasteiger partial charge in [0, 0.05) is 22.5 Å². The Labute approximate surface area is 306 Å². The molecular formula is C51H35N. The predicted octanol–water partition coefficient (Wildman–Crippen LogP) is 12.9. The van der Waals surface area contributed by atoms with E-state index in [1.165, 1.54) is 44.5 Å². The Hall–Kier alpha value is -6.88. The fourth-order valence-electron chi connectivity index (χ4n) is 7.68. The summed E-state index contributed by atoms with van der Waals surface area (Å²) in [4.78, 5) is 2.39. The van der Waals surface area contributed by atoms with Gasteiger partial charge >= 0.3 is 0 Å². The van der Waals surface area contributed by atoms with E-state index in [-0.39, 0.29) is 0 Å². The maximum Gasteiger partial charge on any atom is 0.108 e. The molecular weight excluding hydrogens is 627 g/mol. The Balaban J connectivity index is 1.24. The van der Waals surface area contributed by atoms with Crippen molar-refractivity contribution in [2.45, 2.75) is 5.41 Å². The molecule has 0 aromatic heterocycles. The molecule has 244 valence electrons. The van der Waals surface area contributed by atoms with Crippen molar-refractivity contribution in [1.82, 2.24) is 0 Å². The number of hydrogen-bond acceptors (Lipinski definition) is 1. The number of fused-ring (bicyclic) bond motifs is 3. The van der Waals surface area contributed by atoms with E-state index in [9.17, 15) is 0 Å². The van der Waals surface area contributed by atoms with Crippen LogP contribution >= 0.6 is 0 Å². The van der Waals surface area contributed by atoms with Crippen LogP contribution in [0.5, 0.6) is 0 Å². The molecule has 0 N–H and O–H groups in total. The van der Waals surface area contributed by atoms with Crippen molar-refractivity contribution < 1.29 is 0 Å². The van der Waals surface area contributed by atoms with Gasteiger partial charge in [0.15, 0.2) is 0 Å². The summed E-state index contributed by atoms with van der Waals surface area (Å²) in [6.07, 6.45) is 0. The Bertz CT molecular complexity index is 2530. The number of para-hydroxylation sites is 1. The normalized spacial score (nSPS) is 14.1. The largest absolute Gasteiger partial charge is 0.310 e. The average Bonchev–Trinajstić information content (AvgIpc) is 3.53. The summed E-state index contributed by atoms with van der Waals surface area (Å²) >= 11 is 0. The highest BCUT2D eigenvalue weighted by Gasteiger charge is 2.45. The Kier molecular flexibility index (Phi) is 8.05. The van der Waals surface area contributed by atoms with E-state index in [0.29, 0.717) is 0 Å². The molecule has 0 radical (unpaired) electrons. The van der Waals surface area contributed by atoms with Crippen LogP contribution in [0.4, 0.5) is 17.1 Å². The first kappa shape index (κ1) is 31.1. The fraction of sp³-hybridized carbons (Fsp3) is 0.0196. The first-order valence-corrected chi connectivity index (χ1v) is 17.8. The lowest BCUT2D eigenvalue weighted by molar-refractivity contribution is 0.837. The molecule has 9 rings (SSSR count). The van der Waals surface area contributed by atoms with Gasteiger partial charge in [0.25, 0.3) is 0 Å². The molecule has 8 aromatic carbocycles. The van der Waals surface area contributed by atoms with Gasteiger partial charge in [-0.3, -0.25) is 0 Å². The summed E-state index contributed by atoms with van der Waals surface area (Å²) in [5.41, 5.74) is 14.3. The van der Waals surface area contributed by atoms with Gasteiger partial charge < -0.3 is 4.90 Å². The molecule has 0 saturated heterocycles. The van der Waals surface area contributed by atoms with Gasteiger partial charge in [-0.2, -0.15) is 0 Å². The van der Waals surface area contributed by atoms with Crippen molar-refractivity contribution in [3.63, 3.8) is 0 Å². The zero-order chi connectivity index (χ0) is 34.7. The van der Waals surface area contributed by atoms with Gasteiger partial charge in [0.2, 0.25) is 0 Å². The third kappa shape index (κ3) is 5.48. The average molecular weight is 662 g/mol. The standard InChI is InChI=1S/C51H35N/c1-5-16-39(17-6-1)41-30-28-38(29-31-41)36-37-51(43-20-9-3-10-21-43)47-25-14-13-24-46(47)50-48(51)26-15-27-49(50)52(44-22-11-4-12-23-44)45-34-32-42(33-35-45)40-18-7-2-8-19-40/h1-35H. The van der Waals surface area contributed by atoms with Gasteiger partial charge in [-0.1, -0.05) is 182 Å². The lowest BCUT2D eigenvalue weighted by Gasteiger charge is -2.30. The van der Waals surface area contributed by atoms with Crippen LogP contribution < -0.4 is 4.90 Å². The monoisotopic (exact) mass is 661 g/mol. The van der Waals surface area contributed by atoms with E-state index in [1.54, 1.807) is 0 Å². The molecule has 8 aromatic rings. The van der Waals surface area contributed by atoms with Crippen molar-refractivity contribution in [3.8, 4) is 45.2 Å². The molecule has 52 heavy (non-hydrogen) atoms. The van der Waals surface area contributed by atoms with Crippen molar-refractivity contribution in [2.75, 3.05) is 4.90 Å². The number of nitrogens with zero attached hydrogens (tertiary/aromatic N) is 1. The fourth-order valence-corrected chi connectivity index (χ4v) is 7.68. The lowest BCUT2D eigenvalue weighted by Crippen LogP contribution is -2.25. The number of rotatable bonds is 6. The quantitative estimate of drug-likeness (QED) is 0.160. The predicted molar refractivity (Wildman–Crippen MR) is 217 cm³/mol. The van der Waals surface area contributed by atoms with Crippen LogP contribution in [0.15, 0.2) is 212 Å². The van der Waals surface area contributed by atoms with Gasteiger partial charge in [0.05, 0.1) is 5.69 Å². The summed E-state index contributed by atoms with van der Waals surface area (Å²) in [5.74, 6) is 7.56. The highest BCUT2D eigenvalue weighted by Crippen LogP contribution is 2.56. The first-order valence-electron chi connectivity index (χ1n) is 17.8. The topological polar surface area (TPSA) is 3.24 Å². The van der Waals surface area contributed by atoms with Gasteiger partial charge in [-0.15, -0.1) is 0 Å². The van der Waals surface area contributed by atoms with Crippen LogP contribution in [0.1, 0.15) is 22.3 Å². The van der Waals surface area contributed by atoms with Crippen molar-refractivity contribution >= 4 is 17.1 Å². The first-order chi connectivity index (χ1) is 25.8. The number of anilines is 3. The molecule has 0 aliphatic heterocycles. The summed E-state index contributed by atoms with van der Waals surface area (Å²) < 4.78 is 0. The summed E-state index contributed by atoms with van der Waals surface area (Å²) in [6.45, 7) is 0. The third-order valence-electron chi connectivity index (χ3n) is 10.1. The molecule has 1 aliphatic carbocycles. The van der Waals surface area contributed by atoms with Crippen molar-refractivity contribution in [3.05, 3.63) is 235 Å². The third-order valence-corrected chi connectivity index (χ3v) is 10.1. The molecule has 1 unspecified atom stereocenters. The number of hydrogen-bond donors (Lipinski definition) is 0. The van der Waals surface area contributed by atoms with E-state index in [4.69, 9.17) is 0 Å². The minimum absolute atomic E-state index is 0.680. The second kappa shape index (κ2) is 13.4. The van der Waals surface area contributed by atoms with Crippen molar-refractivity contribution in [2.24, 2.45) is 0 Å². The summed E-state index contributed by atoms with van der Waals surface area (Å²) in [6, 6.07) is 75.6. The van der Waals surface area contributed by atoms with E-state index < -0.39 is 5.41 Å². The zero-order valence-corrected chi connectivity index (χ0v) is 28.7. The van der Waals surface area contributed by atoms with Gasteiger partial charge in [-0.05, 0) is 87.0 Å². The molecule has 1 atom stereocenters. The molecule has 1 aliphatic rings. The maximum absolute atomic E-state index is 3.90. The molecule has 1 heteroatoms. The Morgan fingerprint density at radius 1 is 0.365 bits per heavy atom. The zero-order valence-electron chi connectivity index (χ0n) is 28.7. The molecule has 0 bridgehead atoms. The molecule has 0 amide bonds. The number of benzene rings is 8. The van der Waals surface area contributed by atoms with Crippen LogP contribution in [-0.2, 0) is 5.41 Å². The van der Waals surface area contributed by atoms with E-state index in [1.807, 2.05) is 0 Å². The van der Waals surface area contributed by atoms with Crippen LogP contribution in [0.25, 0.3) is 33.4 Å². The molecule has 1 nitrogen and oxygen atoms in total. The molecule has 0 heterocycles. The van der Waals surface area contributed by atoms with Crippen LogP contribution in [0.3, 0.4) is 0 Å². The van der Waals surface area contributed by atoms with Crippen molar-refractivity contribution in [1.29, 1.82) is 0 Å². The molecule has 0 saturated carbocycles. The lowest BCUT2D eigenvalue weighted by atomic mass is 9.73. The molecule has 0 spiro atoms.